The number of sulfone groups is 1. The van der Waals surface area contributed by atoms with Crippen LogP contribution >= 0.6 is 11.3 Å². The van der Waals surface area contributed by atoms with Crippen molar-refractivity contribution >= 4 is 38.0 Å². The van der Waals surface area contributed by atoms with Crippen LogP contribution < -0.4 is 20.1 Å². The third kappa shape index (κ3) is 4.59. The van der Waals surface area contributed by atoms with E-state index < -0.39 is 22.0 Å². The molecule has 3 atom stereocenters. The fourth-order valence-corrected chi connectivity index (χ4v) is 7.67. The van der Waals surface area contributed by atoms with Crippen molar-refractivity contribution in [2.24, 2.45) is 5.92 Å². The number of ether oxygens (including phenoxy) is 2. The fourth-order valence-electron chi connectivity index (χ4n) is 4.59. The second-order valence-corrected chi connectivity index (χ2v) is 12.3. The predicted molar refractivity (Wildman–Crippen MR) is 125 cm³/mol. The number of thiophene rings is 1. The highest BCUT2D eigenvalue weighted by Gasteiger charge is 2.34. The lowest BCUT2D eigenvalue weighted by Gasteiger charge is -2.25. The molecule has 10 heteroatoms. The Hall–Kier alpha value is -2.59. The number of carbonyl (C=O) groups is 2. The minimum Gasteiger partial charge on any atom is -0.485 e. The number of benzene rings is 1. The van der Waals surface area contributed by atoms with Gasteiger partial charge in [0.2, 0.25) is 6.10 Å². The molecular formula is C23H26N2O6S2. The lowest BCUT2D eigenvalue weighted by Crippen LogP contribution is -2.41. The van der Waals surface area contributed by atoms with E-state index in [-0.39, 0.29) is 29.9 Å². The first kappa shape index (κ1) is 22.2. The molecule has 0 unspecified atom stereocenters. The third-order valence-electron chi connectivity index (χ3n) is 6.34. The van der Waals surface area contributed by atoms with E-state index in [2.05, 4.69) is 17.6 Å². The first-order valence-electron chi connectivity index (χ1n) is 11.1. The molecule has 1 aromatic heterocycles. The van der Waals surface area contributed by atoms with Crippen LogP contribution in [0.4, 0.5) is 5.00 Å². The fraction of sp³-hybridized carbons (Fsp3) is 0.478. The summed E-state index contributed by atoms with van der Waals surface area (Å²) in [6, 6.07) is 6.76. The van der Waals surface area contributed by atoms with Crippen LogP contribution in [0.1, 0.15) is 40.6 Å². The van der Waals surface area contributed by atoms with Crippen LogP contribution in [0.2, 0.25) is 0 Å². The van der Waals surface area contributed by atoms with E-state index in [4.69, 9.17) is 9.47 Å². The highest BCUT2D eigenvalue weighted by molar-refractivity contribution is 7.91. The molecule has 0 spiro atoms. The van der Waals surface area contributed by atoms with Crippen molar-refractivity contribution < 1.29 is 27.5 Å². The van der Waals surface area contributed by atoms with E-state index in [1.165, 1.54) is 11.3 Å². The van der Waals surface area contributed by atoms with Crippen LogP contribution in [0.25, 0.3) is 0 Å². The van der Waals surface area contributed by atoms with Crippen molar-refractivity contribution in [1.29, 1.82) is 0 Å². The van der Waals surface area contributed by atoms with Crippen molar-refractivity contribution in [2.45, 2.75) is 44.8 Å². The molecule has 2 aromatic rings. The van der Waals surface area contributed by atoms with Gasteiger partial charge in [0, 0.05) is 10.9 Å². The maximum absolute atomic E-state index is 13.3. The van der Waals surface area contributed by atoms with E-state index in [1.807, 2.05) is 12.1 Å². The Morgan fingerprint density at radius 1 is 1.15 bits per heavy atom. The highest BCUT2D eigenvalue weighted by Crippen LogP contribution is 2.40. The van der Waals surface area contributed by atoms with Gasteiger partial charge in [0.25, 0.3) is 11.8 Å². The van der Waals surface area contributed by atoms with Gasteiger partial charge in [-0.1, -0.05) is 19.1 Å². The SMILES string of the molecule is C[C@H]1CCc2c(sc(NC(=O)[C@@H]3COc4ccccc4O3)c2C(=O)N[C@H]2CCS(=O)(=O)C2)C1. The number of rotatable bonds is 4. The first-order valence-corrected chi connectivity index (χ1v) is 13.8. The molecule has 8 nitrogen and oxygen atoms in total. The molecule has 1 aliphatic carbocycles. The molecule has 2 amide bonds. The van der Waals surface area contributed by atoms with E-state index in [0.717, 1.165) is 29.7 Å². The smallest absolute Gasteiger partial charge is 0.269 e. The molecule has 0 saturated carbocycles. The lowest BCUT2D eigenvalue weighted by molar-refractivity contribution is -0.125. The van der Waals surface area contributed by atoms with E-state index in [0.29, 0.717) is 34.4 Å². The van der Waals surface area contributed by atoms with Crippen LogP contribution in [-0.4, -0.2) is 50.5 Å². The second kappa shape index (κ2) is 8.64. The summed E-state index contributed by atoms with van der Waals surface area (Å²) in [6.45, 7) is 2.25. The maximum Gasteiger partial charge on any atom is 0.269 e. The minimum absolute atomic E-state index is 0.0452. The molecule has 1 fully saturated rings. The molecule has 0 bridgehead atoms. The van der Waals surface area contributed by atoms with Crippen LogP contribution in [0.15, 0.2) is 24.3 Å². The highest BCUT2D eigenvalue weighted by atomic mass is 32.2. The Bertz CT molecular complexity index is 1210. The predicted octanol–water partition coefficient (Wildman–Crippen LogP) is 2.57. The summed E-state index contributed by atoms with van der Waals surface area (Å²) < 4.78 is 35.1. The summed E-state index contributed by atoms with van der Waals surface area (Å²) in [7, 11) is -3.11. The molecule has 1 saturated heterocycles. The average Bonchev–Trinajstić information content (AvgIpc) is 3.31. The molecule has 0 radical (unpaired) electrons. The molecule has 5 rings (SSSR count). The van der Waals surface area contributed by atoms with Gasteiger partial charge in [-0.05, 0) is 49.3 Å². The molecular weight excluding hydrogens is 464 g/mol. The normalized spacial score (nSPS) is 25.2. The molecule has 2 N–H and O–H groups in total. The lowest BCUT2D eigenvalue weighted by atomic mass is 9.88. The van der Waals surface area contributed by atoms with Gasteiger partial charge in [0.15, 0.2) is 21.3 Å². The molecule has 3 aliphatic rings. The molecule has 1 aromatic carbocycles. The zero-order chi connectivity index (χ0) is 23.2. The molecule has 3 heterocycles. The van der Waals surface area contributed by atoms with Crippen LogP contribution in [0.3, 0.4) is 0 Å². The van der Waals surface area contributed by atoms with Gasteiger partial charge in [-0.2, -0.15) is 0 Å². The van der Waals surface area contributed by atoms with Gasteiger partial charge in [-0.15, -0.1) is 11.3 Å². The third-order valence-corrected chi connectivity index (χ3v) is 9.28. The van der Waals surface area contributed by atoms with E-state index in [9.17, 15) is 18.0 Å². The zero-order valence-electron chi connectivity index (χ0n) is 18.3. The van der Waals surface area contributed by atoms with Crippen LogP contribution in [0.5, 0.6) is 11.5 Å². The average molecular weight is 491 g/mol. The largest absolute Gasteiger partial charge is 0.485 e. The molecule has 33 heavy (non-hydrogen) atoms. The van der Waals surface area contributed by atoms with Crippen molar-refractivity contribution in [3.63, 3.8) is 0 Å². The Morgan fingerprint density at radius 2 is 1.94 bits per heavy atom. The number of carbonyl (C=O) groups excluding carboxylic acids is 2. The number of nitrogens with one attached hydrogen (secondary N) is 2. The van der Waals surface area contributed by atoms with Gasteiger partial charge in [-0.3, -0.25) is 9.59 Å². The first-order chi connectivity index (χ1) is 15.8. The second-order valence-electron chi connectivity index (χ2n) is 8.98. The van der Waals surface area contributed by atoms with Gasteiger partial charge in [0.1, 0.15) is 11.6 Å². The van der Waals surface area contributed by atoms with Gasteiger partial charge >= 0.3 is 0 Å². The summed E-state index contributed by atoms with van der Waals surface area (Å²) in [5.41, 5.74) is 1.41. The molecule has 2 aliphatic heterocycles. The summed E-state index contributed by atoms with van der Waals surface area (Å²) in [5, 5.41) is 6.27. The Morgan fingerprint density at radius 3 is 2.70 bits per heavy atom. The number of amides is 2. The number of anilines is 1. The van der Waals surface area contributed by atoms with E-state index >= 15 is 0 Å². The summed E-state index contributed by atoms with van der Waals surface area (Å²) in [4.78, 5) is 27.4. The molecule has 176 valence electrons. The summed E-state index contributed by atoms with van der Waals surface area (Å²) in [6.07, 6.45) is 2.14. The van der Waals surface area contributed by atoms with Crippen molar-refractivity contribution in [3.05, 3.63) is 40.3 Å². The van der Waals surface area contributed by atoms with E-state index in [1.54, 1.807) is 12.1 Å². The Labute approximate surface area is 196 Å². The van der Waals surface area contributed by atoms with Crippen molar-refractivity contribution in [1.82, 2.24) is 5.32 Å². The minimum atomic E-state index is -3.11. The maximum atomic E-state index is 13.3. The number of hydrogen-bond acceptors (Lipinski definition) is 7. The van der Waals surface area contributed by atoms with Crippen LogP contribution in [-0.2, 0) is 27.5 Å². The number of fused-ring (bicyclic) bond motifs is 2. The zero-order valence-corrected chi connectivity index (χ0v) is 19.9. The van der Waals surface area contributed by atoms with Crippen molar-refractivity contribution in [2.75, 3.05) is 23.4 Å². The van der Waals surface area contributed by atoms with Gasteiger partial charge in [-0.25, -0.2) is 8.42 Å². The Balaban J connectivity index is 1.38. The van der Waals surface area contributed by atoms with Gasteiger partial charge in [0.05, 0.1) is 17.1 Å². The number of hydrogen-bond donors (Lipinski definition) is 2. The number of para-hydroxylation sites is 2. The van der Waals surface area contributed by atoms with Crippen molar-refractivity contribution in [3.8, 4) is 11.5 Å². The standard InChI is InChI=1S/C23H26N2O6S2/c1-13-6-7-15-19(10-13)32-23(20(15)22(27)24-14-8-9-33(28,29)12-14)25-21(26)18-11-30-16-4-2-3-5-17(16)31-18/h2-5,13-14,18H,6-12H2,1H3,(H,24,27)(H,25,26)/t13-,14-,18-/m0/s1. The summed E-state index contributed by atoms with van der Waals surface area (Å²) >= 11 is 1.42. The monoisotopic (exact) mass is 490 g/mol. The topological polar surface area (TPSA) is 111 Å². The van der Waals surface area contributed by atoms with Crippen LogP contribution in [0, 0.1) is 5.92 Å². The Kier molecular flexibility index (Phi) is 5.82. The van der Waals surface area contributed by atoms with Gasteiger partial charge < -0.3 is 20.1 Å². The quantitative estimate of drug-likeness (QED) is 0.682. The summed E-state index contributed by atoms with van der Waals surface area (Å²) in [5.74, 6) is 0.927.